The molecule has 1 saturated heterocycles. The Morgan fingerprint density at radius 2 is 1.07 bits per heavy atom. The molecule has 4 atom stereocenters. The summed E-state index contributed by atoms with van der Waals surface area (Å²) in [5, 5.41) is 9.81. The molecule has 2 unspecified atom stereocenters. The number of likely N-dealkylation sites (tertiary alicyclic amines) is 1. The van der Waals surface area contributed by atoms with E-state index in [4.69, 9.17) is 35.9 Å². The monoisotopic (exact) mass is 961 g/mol. The van der Waals surface area contributed by atoms with Gasteiger partial charge in [-0.1, -0.05) is 0 Å². The average molecular weight is 962 g/mol. The lowest BCUT2D eigenvalue weighted by Gasteiger charge is -2.39. The van der Waals surface area contributed by atoms with Gasteiger partial charge in [0.1, 0.15) is 34.8 Å². The van der Waals surface area contributed by atoms with Crippen molar-refractivity contribution in [2.45, 2.75) is 117 Å². The summed E-state index contributed by atoms with van der Waals surface area (Å²) in [5.41, 5.74) is 17.3. The van der Waals surface area contributed by atoms with E-state index in [0.717, 1.165) is 57.6 Å². The number of aromatic nitrogens is 4. The molecule has 9 rings (SSSR count). The van der Waals surface area contributed by atoms with Gasteiger partial charge in [0, 0.05) is 95.8 Å². The molecule has 17 nitrogen and oxygen atoms in total. The van der Waals surface area contributed by atoms with Crippen LogP contribution in [-0.2, 0) is 27.2 Å². The summed E-state index contributed by atoms with van der Waals surface area (Å²) in [5.74, 6) is 0.895. The van der Waals surface area contributed by atoms with E-state index in [1.807, 2.05) is 80.9 Å². The zero-order valence-corrected chi connectivity index (χ0v) is 41.0. The molecule has 5 amide bonds. The Morgan fingerprint density at radius 1 is 0.620 bits per heavy atom. The zero-order chi connectivity index (χ0) is 50.5. The summed E-state index contributed by atoms with van der Waals surface area (Å²) in [6.07, 6.45) is 10.1. The maximum atomic E-state index is 14.0. The number of hydrogen-bond acceptors (Lipinski definition) is 10. The molecule has 0 spiro atoms. The molecule has 17 heteroatoms. The minimum Gasteiger partial charge on any atom is -0.456 e. The van der Waals surface area contributed by atoms with Gasteiger partial charge in [-0.15, -0.1) is 0 Å². The molecule has 3 aliphatic heterocycles. The number of amides is 5. The summed E-state index contributed by atoms with van der Waals surface area (Å²) < 4.78 is 23.0. The molecule has 0 bridgehead atoms. The van der Waals surface area contributed by atoms with Crippen LogP contribution in [-0.4, -0.2) is 78.4 Å². The van der Waals surface area contributed by atoms with E-state index in [1.165, 1.54) is 0 Å². The van der Waals surface area contributed by atoms with E-state index >= 15 is 0 Å². The van der Waals surface area contributed by atoms with Gasteiger partial charge < -0.3 is 35.5 Å². The molecule has 0 saturated carbocycles. The molecule has 6 aromatic rings. The first-order valence-electron chi connectivity index (χ1n) is 24.0. The number of hydrogen-bond donors (Lipinski definition) is 2. The van der Waals surface area contributed by atoms with Crippen LogP contribution >= 0.6 is 0 Å². The van der Waals surface area contributed by atoms with E-state index in [2.05, 4.69) is 0 Å². The smallest absolute Gasteiger partial charge is 0.412 e. The molecule has 71 heavy (non-hydrogen) atoms. The standard InChI is InChI=1S/C54H59N9O8/c1-31-8-18-44-46(62(31)33(3)64)22-20-42(49(44)69-40-14-10-35(11-15-40)51(55)66)37-27-57-60(29-37)39-24-25-59(53(68)71-54(5,6)7)48(26-39)61-30-38(28-58-61)43-21-23-47-45(19-9-32(2)63(47)34(4)65)50(43)70-41-16-12-36(13-17-41)52(56)67/h10-17,20-23,27-32,39,48H,8-9,18-19,24-26H2,1-7H3,(H2,55,66)(H2,56,67)/t31-,32-,39?,48?/m0/s1. The fraction of sp³-hybridized carbons (Fsp3) is 0.352. The van der Waals surface area contributed by atoms with E-state index in [1.54, 1.807) is 89.3 Å². The highest BCUT2D eigenvalue weighted by Crippen LogP contribution is 2.47. The first kappa shape index (κ1) is 48.1. The Labute approximate surface area is 412 Å². The molecular weight excluding hydrogens is 903 g/mol. The number of anilines is 2. The highest BCUT2D eigenvalue weighted by molar-refractivity contribution is 5.97. The topological polar surface area (TPSA) is 210 Å². The third-order valence-corrected chi connectivity index (χ3v) is 13.6. The average Bonchev–Trinajstić information content (AvgIpc) is 4.02. The third kappa shape index (κ3) is 9.68. The van der Waals surface area contributed by atoms with Gasteiger partial charge in [-0.25, -0.2) is 9.48 Å². The Hall–Kier alpha value is -7.95. The van der Waals surface area contributed by atoms with Gasteiger partial charge in [-0.2, -0.15) is 10.2 Å². The van der Waals surface area contributed by atoms with Crippen molar-refractivity contribution < 1.29 is 38.2 Å². The Bertz CT molecular complexity index is 3040. The van der Waals surface area contributed by atoms with E-state index < -0.39 is 29.7 Å². The lowest BCUT2D eigenvalue weighted by Crippen LogP contribution is -2.46. The van der Waals surface area contributed by atoms with Crippen molar-refractivity contribution in [1.29, 1.82) is 0 Å². The number of primary amides is 2. The molecule has 3 aliphatic rings. The number of nitrogens with zero attached hydrogens (tertiary/aromatic N) is 7. The van der Waals surface area contributed by atoms with Crippen LogP contribution in [0.15, 0.2) is 97.6 Å². The second-order valence-electron chi connectivity index (χ2n) is 19.7. The van der Waals surface area contributed by atoms with Crippen molar-refractivity contribution in [3.8, 4) is 45.3 Å². The van der Waals surface area contributed by atoms with Crippen molar-refractivity contribution in [2.24, 2.45) is 11.5 Å². The summed E-state index contributed by atoms with van der Waals surface area (Å²) in [6.45, 7) is 13.1. The molecule has 1 fully saturated rings. The van der Waals surface area contributed by atoms with Crippen molar-refractivity contribution >= 4 is 41.1 Å². The fourth-order valence-electron chi connectivity index (χ4n) is 10.1. The van der Waals surface area contributed by atoms with Crippen LogP contribution in [0.5, 0.6) is 23.0 Å². The van der Waals surface area contributed by atoms with Gasteiger partial charge >= 0.3 is 6.09 Å². The van der Waals surface area contributed by atoms with Crippen molar-refractivity contribution in [3.63, 3.8) is 0 Å². The van der Waals surface area contributed by atoms with Gasteiger partial charge in [-0.3, -0.25) is 28.8 Å². The summed E-state index contributed by atoms with van der Waals surface area (Å²) in [7, 11) is 0. The van der Waals surface area contributed by atoms with E-state index in [9.17, 15) is 24.0 Å². The maximum absolute atomic E-state index is 14.0. The highest BCUT2D eigenvalue weighted by Gasteiger charge is 2.38. The summed E-state index contributed by atoms with van der Waals surface area (Å²) in [6, 6.07) is 20.8. The first-order valence-corrected chi connectivity index (χ1v) is 24.0. The van der Waals surface area contributed by atoms with Crippen LogP contribution in [0, 0.1) is 0 Å². The van der Waals surface area contributed by atoms with Crippen molar-refractivity contribution in [1.82, 2.24) is 24.5 Å². The Morgan fingerprint density at radius 3 is 1.51 bits per heavy atom. The first-order chi connectivity index (χ1) is 33.8. The quantitative estimate of drug-likeness (QED) is 0.133. The minimum absolute atomic E-state index is 0.00591. The van der Waals surface area contributed by atoms with Gasteiger partial charge in [-0.05, 0) is 140 Å². The number of piperidine rings is 1. The van der Waals surface area contributed by atoms with Gasteiger partial charge in [0.2, 0.25) is 23.6 Å². The van der Waals surface area contributed by atoms with Crippen molar-refractivity contribution in [3.05, 3.63) is 120 Å². The number of carbonyl (C=O) groups is 5. The van der Waals surface area contributed by atoms with Crippen LogP contribution < -0.4 is 30.7 Å². The number of rotatable bonds is 10. The molecule has 2 aromatic heterocycles. The number of nitrogens with two attached hydrogens (primary N) is 2. The Balaban J connectivity index is 1.07. The van der Waals surface area contributed by atoms with Crippen LogP contribution in [0.25, 0.3) is 22.3 Å². The molecular formula is C54H59N9O8. The third-order valence-electron chi connectivity index (χ3n) is 13.6. The molecule has 0 radical (unpaired) electrons. The second-order valence-corrected chi connectivity index (χ2v) is 19.7. The summed E-state index contributed by atoms with van der Waals surface area (Å²) in [4.78, 5) is 69.1. The lowest BCUT2D eigenvalue weighted by molar-refractivity contribution is -0.117. The molecule has 4 N–H and O–H groups in total. The zero-order valence-electron chi connectivity index (χ0n) is 41.0. The lowest BCUT2D eigenvalue weighted by atomic mass is 9.92. The molecule has 4 aromatic carbocycles. The number of benzene rings is 4. The number of fused-ring (bicyclic) bond motifs is 2. The van der Waals surface area contributed by atoms with E-state index in [-0.39, 0.29) is 29.9 Å². The van der Waals surface area contributed by atoms with Crippen LogP contribution in [0.3, 0.4) is 0 Å². The fourth-order valence-corrected chi connectivity index (χ4v) is 10.1. The Kier molecular flexibility index (Phi) is 12.9. The molecule has 5 heterocycles. The molecule has 0 aliphatic carbocycles. The van der Waals surface area contributed by atoms with Crippen LogP contribution in [0.4, 0.5) is 16.2 Å². The van der Waals surface area contributed by atoms with Crippen molar-refractivity contribution in [2.75, 3.05) is 16.3 Å². The highest BCUT2D eigenvalue weighted by atomic mass is 16.6. The SMILES string of the molecule is CC(=O)N1c2ccc(-c3cnn(C4CCN(C(=O)OC(C)(C)C)C(n5cc(-c6ccc7c(c6Oc6ccc(C(N)=O)cc6)CC[C@H](C)N7C(C)=O)cn5)C4)c3)c(Oc3ccc(C(N)=O)cc3)c2CC[C@@H]1C. The largest absolute Gasteiger partial charge is 0.456 e. The predicted molar refractivity (Wildman–Crippen MR) is 268 cm³/mol. The maximum Gasteiger partial charge on any atom is 0.412 e. The minimum atomic E-state index is -0.751. The van der Waals surface area contributed by atoms with Gasteiger partial charge in [0.05, 0.1) is 29.8 Å². The van der Waals surface area contributed by atoms with Gasteiger partial charge in [0.15, 0.2) is 0 Å². The second kappa shape index (κ2) is 19.1. The van der Waals surface area contributed by atoms with E-state index in [0.29, 0.717) is 66.4 Å². The predicted octanol–water partition coefficient (Wildman–Crippen LogP) is 9.34. The van der Waals surface area contributed by atoms with Crippen LogP contribution in [0.1, 0.15) is 118 Å². The van der Waals surface area contributed by atoms with Gasteiger partial charge in [0.25, 0.3) is 0 Å². The normalized spacial score (nSPS) is 18.8. The summed E-state index contributed by atoms with van der Waals surface area (Å²) >= 11 is 0. The number of carbonyl (C=O) groups excluding carboxylic acids is 5. The number of ether oxygens (including phenoxy) is 3. The van der Waals surface area contributed by atoms with Crippen LogP contribution in [0.2, 0.25) is 0 Å². The molecule has 368 valence electrons.